The topological polar surface area (TPSA) is 66.8 Å². The molecule has 0 spiro atoms. The maximum atomic E-state index is 9.77. The van der Waals surface area contributed by atoms with E-state index >= 15 is 0 Å². The van der Waals surface area contributed by atoms with E-state index in [-0.39, 0.29) is 6.61 Å². The van der Waals surface area contributed by atoms with Gasteiger partial charge in [0.25, 0.3) is 0 Å². The summed E-state index contributed by atoms with van der Waals surface area (Å²) in [5, 5.41) is 0. The Balaban J connectivity index is 3.45. The van der Waals surface area contributed by atoms with Crippen LogP contribution in [-0.4, -0.2) is 16.4 Å². The van der Waals surface area contributed by atoms with E-state index in [0.717, 1.165) is 0 Å². The third-order valence-corrected chi connectivity index (χ3v) is 0.782. The zero-order valence-corrected chi connectivity index (χ0v) is 4.84. The molecule has 0 radical (unpaired) electrons. The number of phosphoric acid groups is 1. The minimum Gasteiger partial charge on any atom is -0.303 e. The molecule has 0 heterocycles. The first-order chi connectivity index (χ1) is 3.56. The number of hydrogen-bond donors (Lipinski definition) is 2. The molecule has 0 aliphatic carbocycles. The van der Waals surface area contributed by atoms with Gasteiger partial charge in [-0.05, 0) is 0 Å². The lowest BCUT2D eigenvalue weighted by molar-refractivity contribution is 0.218. The minimum atomic E-state index is -4.32. The first-order valence-electron chi connectivity index (χ1n) is 1.70. The van der Waals surface area contributed by atoms with E-state index in [1.54, 1.807) is 0 Å². The molecule has 5 heteroatoms. The van der Waals surface area contributed by atoms with Crippen molar-refractivity contribution in [2.24, 2.45) is 0 Å². The van der Waals surface area contributed by atoms with Crippen LogP contribution in [0.15, 0.2) is 0 Å². The fourth-order valence-electron chi connectivity index (χ4n) is 0.121. The average Bonchev–Trinajstić information content (AvgIpc) is 1.59. The van der Waals surface area contributed by atoms with Crippen molar-refractivity contribution in [2.45, 2.75) is 0 Å². The third kappa shape index (κ3) is 5.67. The van der Waals surface area contributed by atoms with E-state index in [0.29, 0.717) is 0 Å². The number of rotatable bonds is 2. The van der Waals surface area contributed by atoms with Crippen LogP contribution in [0.4, 0.5) is 0 Å². The molecule has 0 amide bonds. The second-order valence-electron chi connectivity index (χ2n) is 0.968. The van der Waals surface area contributed by atoms with Crippen molar-refractivity contribution in [1.29, 1.82) is 0 Å². The molecular formula is C3H5O4P. The Morgan fingerprint density at radius 3 is 2.38 bits per heavy atom. The van der Waals surface area contributed by atoms with Crippen molar-refractivity contribution in [2.75, 3.05) is 6.61 Å². The van der Waals surface area contributed by atoms with E-state index in [2.05, 4.69) is 10.9 Å². The molecule has 0 aliphatic heterocycles. The minimum absolute atomic E-state index is 0.357. The molecule has 0 fully saturated rings. The summed E-state index contributed by atoms with van der Waals surface area (Å²) in [4.78, 5) is 15.9. The Labute approximate surface area is 46.7 Å². The maximum absolute atomic E-state index is 9.77. The predicted molar refractivity (Wildman–Crippen MR) is 26.8 cm³/mol. The van der Waals surface area contributed by atoms with Crippen LogP contribution in [0.5, 0.6) is 0 Å². The zero-order chi connectivity index (χ0) is 6.62. The summed E-state index contributed by atoms with van der Waals surface area (Å²) >= 11 is 0. The molecule has 4 nitrogen and oxygen atoms in total. The molecule has 0 atom stereocenters. The van der Waals surface area contributed by atoms with E-state index in [4.69, 9.17) is 9.79 Å². The van der Waals surface area contributed by atoms with Crippen LogP contribution in [0.3, 0.4) is 0 Å². The van der Waals surface area contributed by atoms with E-state index in [1.165, 1.54) is 0 Å². The van der Waals surface area contributed by atoms with Crippen molar-refractivity contribution in [3.05, 3.63) is 0 Å². The number of phosphoric ester groups is 1. The standard InChI is InChI=1S/C3H5O4P/c1-2-3-7-8(4,5)6/h1H,3H2,(H2,4,5,6). The molecular weight excluding hydrogens is 131 g/mol. The van der Waals surface area contributed by atoms with Gasteiger partial charge in [-0.2, -0.15) is 0 Å². The van der Waals surface area contributed by atoms with Crippen LogP contribution in [-0.2, 0) is 9.09 Å². The highest BCUT2D eigenvalue weighted by Gasteiger charge is 2.11. The fourth-order valence-corrected chi connectivity index (χ4v) is 0.364. The van der Waals surface area contributed by atoms with Crippen LogP contribution in [0.25, 0.3) is 0 Å². The fraction of sp³-hybridized carbons (Fsp3) is 0.333. The molecule has 0 saturated carbocycles. The second-order valence-corrected chi connectivity index (χ2v) is 2.21. The smallest absolute Gasteiger partial charge is 0.303 e. The molecule has 0 bridgehead atoms. The highest BCUT2D eigenvalue weighted by Crippen LogP contribution is 2.34. The normalized spacial score (nSPS) is 10.6. The number of hydrogen-bond acceptors (Lipinski definition) is 2. The lowest BCUT2D eigenvalue weighted by atomic mass is 10.8. The first kappa shape index (κ1) is 7.67. The van der Waals surface area contributed by atoms with Crippen molar-refractivity contribution in [1.82, 2.24) is 0 Å². The van der Waals surface area contributed by atoms with Crippen LogP contribution < -0.4 is 0 Å². The molecule has 0 unspecified atom stereocenters. The Morgan fingerprint density at radius 1 is 1.75 bits per heavy atom. The number of terminal acetylenes is 1. The van der Waals surface area contributed by atoms with Gasteiger partial charge in [-0.15, -0.1) is 6.42 Å². The van der Waals surface area contributed by atoms with Crippen LogP contribution in [0.1, 0.15) is 0 Å². The molecule has 0 aromatic rings. The Hall–Kier alpha value is -0.330. The van der Waals surface area contributed by atoms with Gasteiger partial charge in [-0.25, -0.2) is 4.57 Å². The summed E-state index contributed by atoms with van der Waals surface area (Å²) in [7, 11) is -4.32. The van der Waals surface area contributed by atoms with Gasteiger partial charge in [0, 0.05) is 0 Å². The Morgan fingerprint density at radius 2 is 2.25 bits per heavy atom. The van der Waals surface area contributed by atoms with Gasteiger partial charge in [-0.3, -0.25) is 4.52 Å². The van der Waals surface area contributed by atoms with Crippen molar-refractivity contribution in [3.63, 3.8) is 0 Å². The highest BCUT2D eigenvalue weighted by atomic mass is 31.2. The van der Waals surface area contributed by atoms with Crippen molar-refractivity contribution >= 4 is 7.82 Å². The van der Waals surface area contributed by atoms with E-state index < -0.39 is 7.82 Å². The summed E-state index contributed by atoms with van der Waals surface area (Å²) < 4.78 is 13.6. The third-order valence-electron chi connectivity index (χ3n) is 0.316. The molecule has 0 aromatic carbocycles. The lowest BCUT2D eigenvalue weighted by Gasteiger charge is -1.97. The summed E-state index contributed by atoms with van der Waals surface area (Å²) in [6, 6.07) is 0. The van der Waals surface area contributed by atoms with Crippen molar-refractivity contribution in [3.8, 4) is 12.3 Å². The molecule has 8 heavy (non-hydrogen) atoms. The monoisotopic (exact) mass is 136 g/mol. The molecule has 0 saturated heterocycles. The largest absolute Gasteiger partial charge is 0.470 e. The SMILES string of the molecule is C#CCOP(=O)(O)O. The van der Waals surface area contributed by atoms with Gasteiger partial charge in [0.2, 0.25) is 0 Å². The van der Waals surface area contributed by atoms with Crippen LogP contribution in [0.2, 0.25) is 0 Å². The summed E-state index contributed by atoms with van der Waals surface area (Å²) in [5.74, 6) is 1.91. The van der Waals surface area contributed by atoms with Crippen molar-refractivity contribution < 1.29 is 18.9 Å². The maximum Gasteiger partial charge on any atom is 0.470 e. The lowest BCUT2D eigenvalue weighted by Crippen LogP contribution is -1.86. The highest BCUT2D eigenvalue weighted by molar-refractivity contribution is 7.46. The second kappa shape index (κ2) is 2.85. The molecule has 0 aliphatic rings. The van der Waals surface area contributed by atoms with E-state index in [9.17, 15) is 4.57 Å². The quantitative estimate of drug-likeness (QED) is 0.405. The van der Waals surface area contributed by atoms with Gasteiger partial charge in [0.15, 0.2) is 0 Å². The zero-order valence-electron chi connectivity index (χ0n) is 3.94. The van der Waals surface area contributed by atoms with Crippen LogP contribution in [0, 0.1) is 12.3 Å². The van der Waals surface area contributed by atoms with Gasteiger partial charge in [-0.1, -0.05) is 5.92 Å². The summed E-state index contributed by atoms with van der Waals surface area (Å²) in [6.07, 6.45) is 4.62. The molecule has 2 N–H and O–H groups in total. The van der Waals surface area contributed by atoms with Crippen LogP contribution >= 0.6 is 7.82 Å². The van der Waals surface area contributed by atoms with Gasteiger partial charge >= 0.3 is 7.82 Å². The van der Waals surface area contributed by atoms with Gasteiger partial charge in [0.05, 0.1) is 0 Å². The van der Waals surface area contributed by atoms with E-state index in [1.807, 2.05) is 5.92 Å². The first-order valence-corrected chi connectivity index (χ1v) is 3.23. The molecule has 46 valence electrons. The predicted octanol–water partition coefficient (Wildman–Crippen LogP) is -0.271. The molecule has 0 aromatic heterocycles. The van der Waals surface area contributed by atoms with Gasteiger partial charge < -0.3 is 9.79 Å². The average molecular weight is 136 g/mol. The van der Waals surface area contributed by atoms with Gasteiger partial charge in [0.1, 0.15) is 6.61 Å². The Bertz CT molecular complexity index is 140. The summed E-state index contributed by atoms with van der Waals surface area (Å²) in [5.41, 5.74) is 0. The summed E-state index contributed by atoms with van der Waals surface area (Å²) in [6.45, 7) is -0.357. The molecule has 0 rings (SSSR count). The Kier molecular flexibility index (Phi) is 2.74.